The molecule has 3 rings (SSSR count). The van der Waals surface area contributed by atoms with Gasteiger partial charge in [0.2, 0.25) is 0 Å². The Morgan fingerprint density at radius 1 is 1.05 bits per heavy atom. The van der Waals surface area contributed by atoms with Crippen molar-refractivity contribution in [2.24, 2.45) is 11.8 Å². The predicted octanol–water partition coefficient (Wildman–Crippen LogP) is 4.83. The summed E-state index contributed by atoms with van der Waals surface area (Å²) in [5.41, 5.74) is 4.14. The molecule has 116 valence electrons. The SMILES string of the molecule is Cc1cc(N2CCCC2)ccc1NC1CCC(C)C(C)C1. The van der Waals surface area contributed by atoms with Crippen LogP contribution in [0.5, 0.6) is 0 Å². The zero-order valence-corrected chi connectivity index (χ0v) is 13.9. The highest BCUT2D eigenvalue weighted by molar-refractivity contribution is 5.61. The van der Waals surface area contributed by atoms with Gasteiger partial charge in [-0.3, -0.25) is 0 Å². The fourth-order valence-electron chi connectivity index (χ4n) is 3.88. The summed E-state index contributed by atoms with van der Waals surface area (Å²) in [4.78, 5) is 2.52. The number of rotatable bonds is 3. The van der Waals surface area contributed by atoms with Crippen molar-refractivity contribution < 1.29 is 0 Å². The van der Waals surface area contributed by atoms with E-state index in [0.29, 0.717) is 6.04 Å². The van der Waals surface area contributed by atoms with Crippen molar-refractivity contribution in [1.82, 2.24) is 0 Å². The number of aryl methyl sites for hydroxylation is 1. The van der Waals surface area contributed by atoms with Crippen molar-refractivity contribution in [3.05, 3.63) is 23.8 Å². The van der Waals surface area contributed by atoms with Gasteiger partial charge >= 0.3 is 0 Å². The van der Waals surface area contributed by atoms with Crippen LogP contribution in [0.2, 0.25) is 0 Å². The molecule has 0 bridgehead atoms. The summed E-state index contributed by atoms with van der Waals surface area (Å²) < 4.78 is 0. The molecule has 3 atom stereocenters. The second-order valence-corrected chi connectivity index (χ2v) is 7.30. The van der Waals surface area contributed by atoms with E-state index in [1.165, 1.54) is 62.1 Å². The van der Waals surface area contributed by atoms with E-state index in [1.807, 2.05) is 0 Å². The van der Waals surface area contributed by atoms with Gasteiger partial charge in [-0.15, -0.1) is 0 Å². The second-order valence-electron chi connectivity index (χ2n) is 7.30. The fourth-order valence-corrected chi connectivity index (χ4v) is 3.88. The first-order chi connectivity index (χ1) is 10.1. The van der Waals surface area contributed by atoms with Gasteiger partial charge in [-0.25, -0.2) is 0 Å². The Morgan fingerprint density at radius 3 is 2.48 bits per heavy atom. The minimum Gasteiger partial charge on any atom is -0.382 e. The molecule has 1 saturated heterocycles. The third-order valence-corrected chi connectivity index (χ3v) is 5.64. The van der Waals surface area contributed by atoms with E-state index in [1.54, 1.807) is 0 Å². The van der Waals surface area contributed by atoms with Crippen LogP contribution in [-0.2, 0) is 0 Å². The van der Waals surface area contributed by atoms with E-state index in [2.05, 4.69) is 49.2 Å². The maximum Gasteiger partial charge on any atom is 0.0373 e. The van der Waals surface area contributed by atoms with E-state index in [4.69, 9.17) is 0 Å². The lowest BCUT2D eigenvalue weighted by Gasteiger charge is -2.33. The van der Waals surface area contributed by atoms with Crippen LogP contribution in [0.25, 0.3) is 0 Å². The van der Waals surface area contributed by atoms with Crippen LogP contribution in [0.3, 0.4) is 0 Å². The topological polar surface area (TPSA) is 15.3 Å². The van der Waals surface area contributed by atoms with Crippen LogP contribution >= 0.6 is 0 Å². The number of anilines is 2. The van der Waals surface area contributed by atoms with Gasteiger partial charge in [0.15, 0.2) is 0 Å². The van der Waals surface area contributed by atoms with Crippen molar-refractivity contribution >= 4 is 11.4 Å². The predicted molar refractivity (Wildman–Crippen MR) is 92.2 cm³/mol. The van der Waals surface area contributed by atoms with Crippen molar-refractivity contribution in [3.8, 4) is 0 Å². The molecule has 1 aliphatic heterocycles. The molecule has 0 amide bonds. The van der Waals surface area contributed by atoms with Crippen LogP contribution in [0.1, 0.15) is 51.5 Å². The summed E-state index contributed by atoms with van der Waals surface area (Å²) in [7, 11) is 0. The van der Waals surface area contributed by atoms with Crippen LogP contribution in [0.4, 0.5) is 11.4 Å². The van der Waals surface area contributed by atoms with Gasteiger partial charge in [0.05, 0.1) is 0 Å². The average Bonchev–Trinajstić information content (AvgIpc) is 2.99. The number of hydrogen-bond donors (Lipinski definition) is 1. The van der Waals surface area contributed by atoms with E-state index in [9.17, 15) is 0 Å². The van der Waals surface area contributed by atoms with Gasteiger partial charge in [0.25, 0.3) is 0 Å². The molecule has 1 aromatic carbocycles. The van der Waals surface area contributed by atoms with Crippen LogP contribution in [0.15, 0.2) is 18.2 Å². The van der Waals surface area contributed by atoms with Gasteiger partial charge in [-0.1, -0.05) is 13.8 Å². The molecule has 1 aliphatic carbocycles. The maximum absolute atomic E-state index is 3.80. The summed E-state index contributed by atoms with van der Waals surface area (Å²) in [6.07, 6.45) is 6.69. The quantitative estimate of drug-likeness (QED) is 0.856. The molecule has 1 aromatic rings. The number of nitrogens with one attached hydrogen (secondary N) is 1. The summed E-state index contributed by atoms with van der Waals surface area (Å²) in [6.45, 7) is 9.50. The fraction of sp³-hybridized carbons (Fsp3) is 0.684. The van der Waals surface area contributed by atoms with Crippen LogP contribution < -0.4 is 10.2 Å². The molecular weight excluding hydrogens is 256 g/mol. The molecule has 0 aromatic heterocycles. The average molecular weight is 286 g/mol. The lowest BCUT2D eigenvalue weighted by atomic mass is 9.79. The molecule has 1 N–H and O–H groups in total. The van der Waals surface area contributed by atoms with Crippen LogP contribution in [-0.4, -0.2) is 19.1 Å². The monoisotopic (exact) mass is 286 g/mol. The molecule has 2 heteroatoms. The molecule has 3 unspecified atom stereocenters. The molecule has 2 nitrogen and oxygen atoms in total. The zero-order valence-electron chi connectivity index (χ0n) is 13.9. The summed E-state index contributed by atoms with van der Waals surface area (Å²) >= 11 is 0. The Hall–Kier alpha value is -1.18. The molecule has 21 heavy (non-hydrogen) atoms. The van der Waals surface area contributed by atoms with E-state index < -0.39 is 0 Å². The van der Waals surface area contributed by atoms with Gasteiger partial charge in [-0.2, -0.15) is 0 Å². The van der Waals surface area contributed by atoms with Crippen molar-refractivity contribution in [2.45, 2.75) is 58.9 Å². The van der Waals surface area contributed by atoms with Crippen molar-refractivity contribution in [3.63, 3.8) is 0 Å². The Kier molecular flexibility index (Phi) is 4.42. The molecule has 2 aliphatic rings. The van der Waals surface area contributed by atoms with Gasteiger partial charge in [0.1, 0.15) is 0 Å². The Balaban J connectivity index is 1.65. The van der Waals surface area contributed by atoms with Gasteiger partial charge in [-0.05, 0) is 74.6 Å². The van der Waals surface area contributed by atoms with Crippen LogP contribution in [0, 0.1) is 18.8 Å². The standard InChI is InChI=1S/C19H30N2/c1-14-6-7-17(12-15(14)2)20-19-9-8-18(13-16(19)3)21-10-4-5-11-21/h8-9,13-15,17,20H,4-7,10-12H2,1-3H3. The highest BCUT2D eigenvalue weighted by Crippen LogP contribution is 2.32. The highest BCUT2D eigenvalue weighted by atomic mass is 15.1. The first-order valence-electron chi connectivity index (χ1n) is 8.75. The zero-order chi connectivity index (χ0) is 14.8. The van der Waals surface area contributed by atoms with Crippen molar-refractivity contribution in [2.75, 3.05) is 23.3 Å². The maximum atomic E-state index is 3.80. The molecule has 2 fully saturated rings. The second kappa shape index (κ2) is 6.29. The van der Waals surface area contributed by atoms with Crippen molar-refractivity contribution in [1.29, 1.82) is 0 Å². The van der Waals surface area contributed by atoms with E-state index in [-0.39, 0.29) is 0 Å². The lowest BCUT2D eigenvalue weighted by Crippen LogP contribution is -2.30. The number of nitrogens with zero attached hydrogens (tertiary/aromatic N) is 1. The first kappa shape index (κ1) is 14.7. The van der Waals surface area contributed by atoms with Gasteiger partial charge < -0.3 is 10.2 Å². The minimum atomic E-state index is 0.660. The lowest BCUT2D eigenvalue weighted by molar-refractivity contribution is 0.261. The first-order valence-corrected chi connectivity index (χ1v) is 8.75. The van der Waals surface area contributed by atoms with E-state index >= 15 is 0 Å². The highest BCUT2D eigenvalue weighted by Gasteiger charge is 2.24. The Labute approximate surface area is 129 Å². The Morgan fingerprint density at radius 2 is 1.81 bits per heavy atom. The summed E-state index contributed by atoms with van der Waals surface area (Å²) in [5, 5.41) is 3.80. The van der Waals surface area contributed by atoms with Gasteiger partial charge in [0, 0.05) is 30.5 Å². The minimum absolute atomic E-state index is 0.660. The summed E-state index contributed by atoms with van der Waals surface area (Å²) in [5.74, 6) is 1.74. The molecule has 1 heterocycles. The third-order valence-electron chi connectivity index (χ3n) is 5.64. The molecule has 0 radical (unpaired) electrons. The number of hydrogen-bond acceptors (Lipinski definition) is 2. The van der Waals surface area contributed by atoms with E-state index in [0.717, 1.165) is 11.8 Å². The Bertz CT molecular complexity index is 476. The number of benzene rings is 1. The smallest absolute Gasteiger partial charge is 0.0373 e. The molecular formula is C19H30N2. The largest absolute Gasteiger partial charge is 0.382 e. The summed E-state index contributed by atoms with van der Waals surface area (Å²) in [6, 6.07) is 7.62. The third kappa shape index (κ3) is 3.36. The molecule has 1 saturated carbocycles. The molecule has 0 spiro atoms. The normalized spacial score (nSPS) is 29.7.